The van der Waals surface area contributed by atoms with Crippen LogP contribution in [0.4, 0.5) is 18.9 Å². The Bertz CT molecular complexity index is 673. The van der Waals surface area contributed by atoms with Crippen molar-refractivity contribution in [3.05, 3.63) is 52.5 Å². The summed E-state index contributed by atoms with van der Waals surface area (Å²) in [6.45, 7) is 0.536. The fourth-order valence-electron chi connectivity index (χ4n) is 2.20. The molecule has 0 saturated carbocycles. The molecule has 0 aliphatic carbocycles. The van der Waals surface area contributed by atoms with Gasteiger partial charge in [0.2, 0.25) is 0 Å². The fraction of sp³-hybridized carbons (Fsp3) is 0.200. The van der Waals surface area contributed by atoms with Crippen LogP contribution in [0.5, 0.6) is 11.5 Å². The molecule has 0 fully saturated rings. The summed E-state index contributed by atoms with van der Waals surface area (Å²) in [5.41, 5.74) is 1.58. The fourth-order valence-corrected chi connectivity index (χ4v) is 2.47. The second-order valence-electron chi connectivity index (χ2n) is 4.74. The van der Waals surface area contributed by atoms with Gasteiger partial charge >= 0.3 is 6.36 Å². The molecule has 0 aromatic heterocycles. The topological polar surface area (TPSA) is 30.5 Å². The van der Waals surface area contributed by atoms with Crippen LogP contribution in [-0.4, -0.2) is 12.9 Å². The summed E-state index contributed by atoms with van der Waals surface area (Å²) in [5.74, 6) is 0.0328. The van der Waals surface area contributed by atoms with E-state index >= 15 is 0 Å². The molecule has 1 aliphatic heterocycles. The van der Waals surface area contributed by atoms with E-state index < -0.39 is 6.36 Å². The van der Waals surface area contributed by atoms with E-state index in [2.05, 4.69) is 26.0 Å². The highest BCUT2D eigenvalue weighted by Gasteiger charge is 2.32. The van der Waals surface area contributed by atoms with Crippen LogP contribution in [0.2, 0.25) is 0 Å². The molecule has 2 aromatic carbocycles. The Morgan fingerprint density at radius 3 is 2.55 bits per heavy atom. The first-order valence-electron chi connectivity index (χ1n) is 6.46. The second-order valence-corrected chi connectivity index (χ2v) is 5.66. The molecule has 0 unspecified atom stereocenters. The number of hydrogen-bond donors (Lipinski definition) is 1. The Kier molecular flexibility index (Phi) is 3.90. The van der Waals surface area contributed by atoms with Crippen LogP contribution in [0.1, 0.15) is 11.7 Å². The number of halogens is 4. The average molecular weight is 374 g/mol. The molecule has 116 valence electrons. The van der Waals surface area contributed by atoms with Crippen LogP contribution in [-0.2, 0) is 0 Å². The lowest BCUT2D eigenvalue weighted by Gasteiger charge is -2.28. The highest BCUT2D eigenvalue weighted by molar-refractivity contribution is 9.10. The average Bonchev–Trinajstić information content (AvgIpc) is 2.45. The number of alkyl halides is 3. The van der Waals surface area contributed by atoms with Gasteiger partial charge in [0.25, 0.3) is 0 Å². The van der Waals surface area contributed by atoms with Crippen molar-refractivity contribution in [1.29, 1.82) is 0 Å². The van der Waals surface area contributed by atoms with Crippen LogP contribution in [0, 0.1) is 0 Å². The number of hydrogen-bond acceptors (Lipinski definition) is 3. The van der Waals surface area contributed by atoms with Crippen LogP contribution >= 0.6 is 15.9 Å². The molecule has 7 heteroatoms. The SMILES string of the molecule is FC(F)(F)Oc1ccc2c(c1)O[C@H](c1ccc(Br)cc1)CN2. The van der Waals surface area contributed by atoms with E-state index in [4.69, 9.17) is 4.74 Å². The van der Waals surface area contributed by atoms with Gasteiger partial charge in [0.05, 0.1) is 12.2 Å². The van der Waals surface area contributed by atoms with E-state index in [0.29, 0.717) is 18.0 Å². The number of anilines is 1. The van der Waals surface area contributed by atoms with Crippen LogP contribution in [0.25, 0.3) is 0 Å². The van der Waals surface area contributed by atoms with Gasteiger partial charge in [-0.15, -0.1) is 13.2 Å². The predicted octanol–water partition coefficient (Wildman–Crippen LogP) is 4.89. The van der Waals surface area contributed by atoms with Gasteiger partial charge in [0.1, 0.15) is 17.6 Å². The first-order valence-corrected chi connectivity index (χ1v) is 7.26. The zero-order chi connectivity index (χ0) is 15.7. The summed E-state index contributed by atoms with van der Waals surface area (Å²) in [6, 6.07) is 11.6. The quantitative estimate of drug-likeness (QED) is 0.812. The maximum atomic E-state index is 12.3. The van der Waals surface area contributed by atoms with Gasteiger partial charge in [0, 0.05) is 10.5 Å². The molecule has 1 heterocycles. The normalized spacial score (nSPS) is 17.2. The van der Waals surface area contributed by atoms with Crippen LogP contribution in [0.15, 0.2) is 46.9 Å². The zero-order valence-electron chi connectivity index (χ0n) is 11.2. The summed E-state index contributed by atoms with van der Waals surface area (Å²) >= 11 is 3.35. The summed E-state index contributed by atoms with van der Waals surface area (Å²) in [6.07, 6.45) is -5.00. The first-order chi connectivity index (χ1) is 10.4. The van der Waals surface area contributed by atoms with Crippen LogP contribution in [0.3, 0.4) is 0 Å². The van der Waals surface area contributed by atoms with Crippen molar-refractivity contribution in [2.75, 3.05) is 11.9 Å². The number of ether oxygens (including phenoxy) is 2. The number of benzene rings is 2. The van der Waals surface area contributed by atoms with Gasteiger partial charge in [-0.1, -0.05) is 28.1 Å². The molecular formula is C15H11BrF3NO2. The third-order valence-electron chi connectivity index (χ3n) is 3.18. The minimum Gasteiger partial charge on any atom is -0.482 e. The Labute approximate surface area is 133 Å². The van der Waals surface area contributed by atoms with Crippen molar-refractivity contribution >= 4 is 21.6 Å². The van der Waals surface area contributed by atoms with Gasteiger partial charge in [-0.25, -0.2) is 0 Å². The van der Waals surface area contributed by atoms with E-state index in [1.165, 1.54) is 18.2 Å². The molecule has 0 bridgehead atoms. The molecular weight excluding hydrogens is 363 g/mol. The minimum absolute atomic E-state index is 0.276. The Morgan fingerprint density at radius 1 is 1.14 bits per heavy atom. The van der Waals surface area contributed by atoms with E-state index in [0.717, 1.165) is 10.0 Å². The molecule has 0 spiro atoms. The molecule has 1 atom stereocenters. The maximum Gasteiger partial charge on any atom is 0.573 e. The van der Waals surface area contributed by atoms with Crippen molar-refractivity contribution in [3.8, 4) is 11.5 Å². The standard InChI is InChI=1S/C15H11BrF3NO2/c16-10-3-1-9(2-4-10)14-8-20-12-6-5-11(7-13(12)21-14)22-15(17,18)19/h1-7,14,20H,8H2/t14-/m0/s1. The Morgan fingerprint density at radius 2 is 1.86 bits per heavy atom. The second kappa shape index (κ2) is 5.72. The lowest BCUT2D eigenvalue weighted by Crippen LogP contribution is -2.24. The summed E-state index contributed by atoms with van der Waals surface area (Å²) in [5, 5.41) is 3.14. The van der Waals surface area contributed by atoms with E-state index in [1.807, 2.05) is 24.3 Å². The zero-order valence-corrected chi connectivity index (χ0v) is 12.7. The number of nitrogens with one attached hydrogen (secondary N) is 1. The molecule has 22 heavy (non-hydrogen) atoms. The van der Waals surface area contributed by atoms with Crippen molar-refractivity contribution in [2.24, 2.45) is 0 Å². The van der Waals surface area contributed by atoms with Gasteiger partial charge in [-0.05, 0) is 29.8 Å². The maximum absolute atomic E-state index is 12.3. The highest BCUT2D eigenvalue weighted by atomic mass is 79.9. The molecule has 0 saturated heterocycles. The number of rotatable bonds is 2. The molecule has 1 aliphatic rings. The van der Waals surface area contributed by atoms with Gasteiger partial charge in [0.15, 0.2) is 0 Å². The summed E-state index contributed by atoms with van der Waals surface area (Å²) in [7, 11) is 0. The van der Waals surface area contributed by atoms with Crippen molar-refractivity contribution in [1.82, 2.24) is 0 Å². The molecule has 1 N–H and O–H groups in total. The summed E-state index contributed by atoms with van der Waals surface area (Å²) < 4.78 is 47.5. The molecule has 3 rings (SSSR count). The Hall–Kier alpha value is -1.89. The molecule has 3 nitrogen and oxygen atoms in total. The first kappa shape index (κ1) is 15.0. The Balaban J connectivity index is 1.81. The molecule has 0 radical (unpaired) electrons. The predicted molar refractivity (Wildman–Crippen MR) is 79.1 cm³/mol. The van der Waals surface area contributed by atoms with Crippen molar-refractivity contribution in [2.45, 2.75) is 12.5 Å². The largest absolute Gasteiger partial charge is 0.573 e. The number of fused-ring (bicyclic) bond motifs is 1. The smallest absolute Gasteiger partial charge is 0.482 e. The van der Waals surface area contributed by atoms with Gasteiger partial charge in [-0.2, -0.15) is 0 Å². The lowest BCUT2D eigenvalue weighted by atomic mass is 10.1. The third kappa shape index (κ3) is 3.47. The lowest BCUT2D eigenvalue weighted by molar-refractivity contribution is -0.274. The minimum atomic E-state index is -4.72. The van der Waals surface area contributed by atoms with E-state index in [1.54, 1.807) is 0 Å². The summed E-state index contributed by atoms with van der Waals surface area (Å²) in [4.78, 5) is 0. The monoisotopic (exact) mass is 373 g/mol. The molecule has 2 aromatic rings. The highest BCUT2D eigenvalue weighted by Crippen LogP contribution is 2.38. The van der Waals surface area contributed by atoms with E-state index in [9.17, 15) is 13.2 Å². The van der Waals surface area contributed by atoms with E-state index in [-0.39, 0.29) is 11.9 Å². The van der Waals surface area contributed by atoms with Gasteiger partial charge in [-0.3, -0.25) is 0 Å². The molecule has 0 amide bonds. The third-order valence-corrected chi connectivity index (χ3v) is 3.70. The van der Waals surface area contributed by atoms with Gasteiger partial charge < -0.3 is 14.8 Å². The van der Waals surface area contributed by atoms with Crippen molar-refractivity contribution in [3.63, 3.8) is 0 Å². The van der Waals surface area contributed by atoms with Crippen LogP contribution < -0.4 is 14.8 Å². The van der Waals surface area contributed by atoms with Crippen molar-refractivity contribution < 1.29 is 22.6 Å².